The molecule has 7 nitrogen and oxygen atoms in total. The van der Waals surface area contributed by atoms with Crippen LogP contribution in [0, 0.1) is 6.57 Å². The van der Waals surface area contributed by atoms with Crippen LogP contribution in [0.15, 0.2) is 59.3 Å². The number of hydrogen-bond donors (Lipinski definition) is 1. The van der Waals surface area contributed by atoms with E-state index in [9.17, 15) is 9.59 Å². The van der Waals surface area contributed by atoms with Crippen LogP contribution < -0.4 is 10.2 Å². The summed E-state index contributed by atoms with van der Waals surface area (Å²) in [7, 11) is 0. The Balaban J connectivity index is 1.67. The highest BCUT2D eigenvalue weighted by Gasteiger charge is 2.22. The first-order valence-corrected chi connectivity index (χ1v) is 11.0. The summed E-state index contributed by atoms with van der Waals surface area (Å²) in [6.45, 7) is 9.25. The maximum atomic E-state index is 13.5. The largest absolute Gasteiger partial charge is 0.396 e. The fourth-order valence-electron chi connectivity index (χ4n) is 3.37. The molecule has 1 N–H and O–H groups in total. The molecule has 2 aromatic heterocycles. The Hall–Kier alpha value is -3.67. The predicted molar refractivity (Wildman–Crippen MR) is 127 cm³/mol. The molecule has 160 valence electrons. The maximum Gasteiger partial charge on any atom is 0.340 e. The minimum Gasteiger partial charge on any atom is -0.396 e. The Morgan fingerprint density at radius 1 is 1.22 bits per heavy atom. The fourth-order valence-corrected chi connectivity index (χ4v) is 4.19. The van der Waals surface area contributed by atoms with E-state index in [4.69, 9.17) is 18.2 Å². The first kappa shape index (κ1) is 21.6. The normalized spacial score (nSPS) is 10.7. The van der Waals surface area contributed by atoms with Crippen LogP contribution in [0.4, 0.5) is 17.3 Å². The van der Waals surface area contributed by atoms with Crippen LogP contribution in [-0.4, -0.2) is 21.4 Å². The lowest BCUT2D eigenvalue weighted by atomic mass is 10.2. The number of hydrogen-bond acceptors (Lipinski definition) is 4. The molecule has 0 unspecified atom stereocenters. The van der Waals surface area contributed by atoms with Crippen molar-refractivity contribution in [2.24, 2.45) is 0 Å². The van der Waals surface area contributed by atoms with E-state index < -0.39 is 0 Å². The fraction of sp³-hybridized carbons (Fsp3) is 0.130. The monoisotopic (exact) mass is 463 g/mol. The molecule has 9 heteroatoms. The number of nitrogens with zero attached hydrogens (tertiary/aromatic N) is 4. The second-order valence-electron chi connectivity index (χ2n) is 7.08. The highest BCUT2D eigenvalue weighted by Crippen LogP contribution is 2.27. The molecule has 32 heavy (non-hydrogen) atoms. The molecule has 0 atom stereocenters. The zero-order valence-corrected chi connectivity index (χ0v) is 18.7. The number of nitrogens with one attached hydrogen (secondary N) is 1. The number of rotatable bonds is 6. The Morgan fingerprint density at radius 3 is 2.66 bits per heavy atom. The van der Waals surface area contributed by atoms with Gasteiger partial charge in [-0.05, 0) is 58.8 Å². The first-order chi connectivity index (χ1) is 15.4. The third-order valence-electron chi connectivity index (χ3n) is 4.80. The molecule has 2 heterocycles. The summed E-state index contributed by atoms with van der Waals surface area (Å²) in [4.78, 5) is 34.2. The number of imidazole rings is 1. The number of carbonyl (C=O) groups excluding carboxylic acids is 2. The Kier molecular flexibility index (Phi) is 6.21. The van der Waals surface area contributed by atoms with Crippen molar-refractivity contribution in [2.45, 2.75) is 20.0 Å². The van der Waals surface area contributed by atoms with Gasteiger partial charge in [-0.2, -0.15) is 11.3 Å². The number of halogens is 1. The molecule has 4 aromatic rings. The molecule has 0 fully saturated rings. The number of benzene rings is 2. The van der Waals surface area contributed by atoms with Gasteiger partial charge in [0.25, 0.3) is 5.91 Å². The van der Waals surface area contributed by atoms with Gasteiger partial charge in [-0.1, -0.05) is 11.6 Å². The van der Waals surface area contributed by atoms with Crippen LogP contribution in [0.3, 0.4) is 0 Å². The molecule has 0 saturated heterocycles. The highest BCUT2D eigenvalue weighted by atomic mass is 35.5. The molecule has 4 rings (SSSR count). The van der Waals surface area contributed by atoms with E-state index in [2.05, 4.69) is 15.1 Å². The molecular weight excluding hydrogens is 446 g/mol. The smallest absolute Gasteiger partial charge is 0.340 e. The van der Waals surface area contributed by atoms with E-state index in [1.54, 1.807) is 63.3 Å². The number of anilines is 2. The molecule has 0 spiro atoms. The molecule has 0 radical (unpaired) electrons. The summed E-state index contributed by atoms with van der Waals surface area (Å²) in [6.07, 6.45) is 0. The Bertz CT molecular complexity index is 1320. The van der Waals surface area contributed by atoms with Gasteiger partial charge < -0.3 is 15.1 Å². The molecule has 2 amide bonds. The summed E-state index contributed by atoms with van der Waals surface area (Å²) in [5.41, 5.74) is 3.58. The minimum absolute atomic E-state index is 0.0482. The maximum absolute atomic E-state index is 13.5. The third kappa shape index (κ3) is 4.64. The Labute approximate surface area is 193 Å². The van der Waals surface area contributed by atoms with E-state index in [0.29, 0.717) is 34.0 Å². The van der Waals surface area contributed by atoms with E-state index >= 15 is 0 Å². The van der Waals surface area contributed by atoms with Crippen molar-refractivity contribution in [3.05, 3.63) is 81.3 Å². The van der Waals surface area contributed by atoms with Gasteiger partial charge in [0.05, 0.1) is 6.54 Å². The Morgan fingerprint density at radius 2 is 2.00 bits per heavy atom. The average Bonchev–Trinajstić information content (AvgIpc) is 3.39. The van der Waals surface area contributed by atoms with E-state index in [0.717, 1.165) is 5.56 Å². The van der Waals surface area contributed by atoms with Crippen molar-refractivity contribution in [3.63, 3.8) is 0 Å². The molecule has 0 aliphatic heterocycles. The third-order valence-corrected chi connectivity index (χ3v) is 5.77. The van der Waals surface area contributed by atoms with Crippen LogP contribution >= 0.6 is 22.9 Å². The quantitative estimate of drug-likeness (QED) is 0.384. The van der Waals surface area contributed by atoms with Crippen molar-refractivity contribution in [3.8, 4) is 0 Å². The summed E-state index contributed by atoms with van der Waals surface area (Å²) in [5, 5.41) is 7.19. The number of carbonyl (C=O) groups is 2. The molecule has 0 aliphatic carbocycles. The second kappa shape index (κ2) is 9.22. The van der Waals surface area contributed by atoms with E-state index in [1.165, 1.54) is 6.92 Å². The lowest BCUT2D eigenvalue weighted by molar-refractivity contribution is -0.119. The van der Waals surface area contributed by atoms with Crippen molar-refractivity contribution in [1.29, 1.82) is 0 Å². The first-order valence-electron chi connectivity index (χ1n) is 9.67. The number of fused-ring (bicyclic) bond motifs is 1. The van der Waals surface area contributed by atoms with Gasteiger partial charge in [0.1, 0.15) is 12.1 Å². The van der Waals surface area contributed by atoms with Crippen LogP contribution in [0.5, 0.6) is 0 Å². The van der Waals surface area contributed by atoms with Gasteiger partial charge in [0, 0.05) is 29.4 Å². The van der Waals surface area contributed by atoms with Crippen LogP contribution in [0.2, 0.25) is 5.02 Å². The molecular formula is C23H18ClN5O2S. The number of aromatic nitrogens is 2. The summed E-state index contributed by atoms with van der Waals surface area (Å²) in [5.74, 6) is -0.225. The van der Waals surface area contributed by atoms with Crippen molar-refractivity contribution in [1.82, 2.24) is 9.55 Å². The minimum atomic E-state index is -0.192. The second-order valence-corrected chi connectivity index (χ2v) is 8.30. The van der Waals surface area contributed by atoms with Crippen LogP contribution in [0.25, 0.3) is 15.9 Å². The topological polar surface area (TPSA) is 71.6 Å². The number of thiophene rings is 1. The van der Waals surface area contributed by atoms with E-state index in [-0.39, 0.29) is 24.3 Å². The number of amides is 2. The van der Waals surface area contributed by atoms with Gasteiger partial charge in [-0.15, -0.1) is 11.6 Å². The van der Waals surface area contributed by atoms with Gasteiger partial charge in [0.2, 0.25) is 5.91 Å². The molecule has 0 aliphatic rings. The van der Waals surface area contributed by atoms with E-state index in [1.807, 2.05) is 16.8 Å². The standard InChI is InChI=1S/C23H18ClN5O2S/c1-15(30)26-18-4-6-19(7-5-18)28(12-16-9-10-32-14-16)22(31)13-29-21-8-3-17(24)11-20(21)27-23(29)25-2/h3-11,14H,12-13H2,1H3,(H,26,30). The van der Waals surface area contributed by atoms with Gasteiger partial charge >= 0.3 is 5.95 Å². The SMILES string of the molecule is [C-]#[N+]c1nc2cc(Cl)ccc2n1CC(=O)N(Cc1ccsc1)c1ccc(NC(C)=O)cc1. The van der Waals surface area contributed by atoms with Gasteiger partial charge in [0.15, 0.2) is 5.52 Å². The van der Waals surface area contributed by atoms with Gasteiger partial charge in [-0.25, -0.2) is 0 Å². The lowest BCUT2D eigenvalue weighted by Gasteiger charge is -2.23. The van der Waals surface area contributed by atoms with Crippen LogP contribution in [0.1, 0.15) is 12.5 Å². The molecule has 0 bridgehead atoms. The van der Waals surface area contributed by atoms with Crippen molar-refractivity contribution < 1.29 is 9.59 Å². The van der Waals surface area contributed by atoms with Crippen LogP contribution in [-0.2, 0) is 22.7 Å². The summed E-state index contributed by atoms with van der Waals surface area (Å²) < 4.78 is 1.60. The summed E-state index contributed by atoms with van der Waals surface area (Å²) in [6, 6.07) is 14.2. The van der Waals surface area contributed by atoms with Crippen molar-refractivity contribution in [2.75, 3.05) is 10.2 Å². The zero-order chi connectivity index (χ0) is 22.7. The zero-order valence-electron chi connectivity index (χ0n) is 17.1. The average molecular weight is 464 g/mol. The van der Waals surface area contributed by atoms with Gasteiger partial charge in [-0.3, -0.25) is 14.2 Å². The highest BCUT2D eigenvalue weighted by molar-refractivity contribution is 7.07. The molecule has 2 aromatic carbocycles. The molecule has 0 saturated carbocycles. The lowest BCUT2D eigenvalue weighted by Crippen LogP contribution is -2.33. The summed E-state index contributed by atoms with van der Waals surface area (Å²) >= 11 is 7.62. The predicted octanol–water partition coefficient (Wildman–Crippen LogP) is 5.49. The van der Waals surface area contributed by atoms with Crippen molar-refractivity contribution >= 4 is 63.1 Å².